The topological polar surface area (TPSA) is 70.3 Å². The highest BCUT2D eigenvalue weighted by Gasteiger charge is 2.19. The van der Waals surface area contributed by atoms with Gasteiger partial charge in [-0.15, -0.1) is 0 Å². The van der Waals surface area contributed by atoms with Gasteiger partial charge in [0.2, 0.25) is 0 Å². The third-order valence-corrected chi connectivity index (χ3v) is 0.943. The van der Waals surface area contributed by atoms with Gasteiger partial charge in [-0.05, 0) is 6.92 Å². The van der Waals surface area contributed by atoms with Crippen LogP contribution in [0.15, 0.2) is 0 Å². The number of aliphatic hydroxyl groups excluding tert-OH is 1. The van der Waals surface area contributed by atoms with Crippen LogP contribution in [0.4, 0.5) is 0 Å². The Labute approximate surface area is 60.0 Å². The molecule has 10 heavy (non-hydrogen) atoms. The molecule has 0 saturated carbocycles. The van der Waals surface area contributed by atoms with Gasteiger partial charge in [0.05, 0.1) is 12.1 Å². The van der Waals surface area contributed by atoms with Crippen molar-refractivity contribution in [2.24, 2.45) is 0 Å². The number of carbonyl (C=O) groups excluding carboxylic acids is 1. The molecule has 0 heterocycles. The summed E-state index contributed by atoms with van der Waals surface area (Å²) in [6.07, 6.45) is 0. The Morgan fingerprint density at radius 2 is 2.30 bits per heavy atom. The summed E-state index contributed by atoms with van der Waals surface area (Å²) in [4.78, 5) is 10.2. The Hall–Kier alpha value is -0.610. The van der Waals surface area contributed by atoms with Crippen molar-refractivity contribution in [2.45, 2.75) is 19.4 Å². The lowest BCUT2D eigenvalue weighted by atomic mass is 10.1. The normalized spacial score (nSPS) is 16.0. The average molecular weight is 146 g/mol. The van der Waals surface area contributed by atoms with Crippen molar-refractivity contribution in [2.75, 3.05) is 13.2 Å². The summed E-state index contributed by atoms with van der Waals surface area (Å²) >= 11 is 0. The Morgan fingerprint density at radius 3 is 2.60 bits per heavy atom. The van der Waals surface area contributed by atoms with Gasteiger partial charge in [0, 0.05) is 6.92 Å². The molecule has 0 saturated heterocycles. The van der Waals surface area contributed by atoms with Gasteiger partial charge in [-0.25, -0.2) is 5.73 Å². The van der Waals surface area contributed by atoms with E-state index in [0.717, 1.165) is 0 Å². The van der Waals surface area contributed by atoms with E-state index < -0.39 is 11.5 Å². The molecule has 0 bridgehead atoms. The molecule has 0 rings (SSSR count). The molecule has 0 fully saturated rings. The Kier molecular flexibility index (Phi) is 3.32. The lowest BCUT2D eigenvalue weighted by Crippen LogP contribution is -2.37. The van der Waals surface area contributed by atoms with Crippen LogP contribution in [0.1, 0.15) is 13.8 Å². The van der Waals surface area contributed by atoms with E-state index in [1.54, 1.807) is 0 Å². The Morgan fingerprint density at radius 1 is 1.80 bits per heavy atom. The van der Waals surface area contributed by atoms with Crippen LogP contribution < -0.4 is 5.73 Å². The predicted octanol–water partition coefficient (Wildman–Crippen LogP) is -0.417. The van der Waals surface area contributed by atoms with E-state index in [0.29, 0.717) is 0 Å². The van der Waals surface area contributed by atoms with E-state index >= 15 is 0 Å². The number of esters is 1. The lowest BCUT2D eigenvalue weighted by molar-refractivity contribution is -0.143. The molecule has 2 N–H and O–H groups in total. The van der Waals surface area contributed by atoms with E-state index in [4.69, 9.17) is 10.8 Å². The second kappa shape index (κ2) is 3.53. The number of aliphatic hydroxyl groups is 1. The number of hydrogen-bond acceptors (Lipinski definition) is 3. The van der Waals surface area contributed by atoms with Crippen LogP contribution in [0, 0.1) is 0 Å². The van der Waals surface area contributed by atoms with Crippen LogP contribution in [0.25, 0.3) is 0 Å². The van der Waals surface area contributed by atoms with E-state index in [1.807, 2.05) is 0 Å². The molecule has 0 aromatic carbocycles. The van der Waals surface area contributed by atoms with Gasteiger partial charge in [0.1, 0.15) is 6.61 Å². The summed E-state index contributed by atoms with van der Waals surface area (Å²) in [5.74, 6) is -0.424. The van der Waals surface area contributed by atoms with E-state index in [1.165, 1.54) is 13.8 Å². The molecule has 1 unspecified atom stereocenters. The van der Waals surface area contributed by atoms with Gasteiger partial charge in [0.25, 0.3) is 0 Å². The molecule has 4 heteroatoms. The molecular weight excluding hydrogens is 134 g/mol. The van der Waals surface area contributed by atoms with Crippen LogP contribution in [0.2, 0.25) is 0 Å². The van der Waals surface area contributed by atoms with Crippen molar-refractivity contribution in [3.63, 3.8) is 0 Å². The highest BCUT2D eigenvalue weighted by molar-refractivity contribution is 5.65. The fourth-order valence-electron chi connectivity index (χ4n) is 0.307. The van der Waals surface area contributed by atoms with Gasteiger partial charge >= 0.3 is 5.97 Å². The molecule has 59 valence electrons. The van der Waals surface area contributed by atoms with Crippen molar-refractivity contribution in [1.29, 1.82) is 0 Å². The van der Waals surface area contributed by atoms with Gasteiger partial charge in [0.15, 0.2) is 0 Å². The molecule has 0 aliphatic heterocycles. The Bertz CT molecular complexity index is 122. The van der Waals surface area contributed by atoms with E-state index in [-0.39, 0.29) is 13.2 Å². The molecule has 1 radical (unpaired) electrons. The second-order valence-electron chi connectivity index (χ2n) is 2.50. The molecule has 0 amide bonds. The number of ether oxygens (including phenoxy) is 1. The largest absolute Gasteiger partial charge is 0.464 e. The summed E-state index contributed by atoms with van der Waals surface area (Å²) < 4.78 is 4.51. The van der Waals surface area contributed by atoms with Crippen LogP contribution in [-0.4, -0.2) is 29.8 Å². The monoisotopic (exact) mass is 146 g/mol. The fraction of sp³-hybridized carbons (Fsp3) is 0.833. The first-order valence-electron chi connectivity index (χ1n) is 2.97. The maximum atomic E-state index is 10.2. The SMILES string of the molecule is CC(=O)OCC(C)([NH])CO. The first-order chi connectivity index (χ1) is 4.48. The minimum absolute atomic E-state index is 0.0567. The molecule has 1 atom stereocenters. The van der Waals surface area contributed by atoms with Crippen molar-refractivity contribution < 1.29 is 14.6 Å². The summed E-state index contributed by atoms with van der Waals surface area (Å²) in [6.45, 7) is 2.41. The van der Waals surface area contributed by atoms with Crippen molar-refractivity contribution >= 4 is 5.97 Å². The molecule has 4 nitrogen and oxygen atoms in total. The quantitative estimate of drug-likeness (QED) is 0.550. The standard InChI is InChI=1S/C6H12NO3/c1-5(9)10-4-6(2,7)3-8/h7-8H,3-4H2,1-2H3. The number of carbonyl (C=O) groups is 1. The van der Waals surface area contributed by atoms with E-state index in [2.05, 4.69) is 4.74 Å². The van der Waals surface area contributed by atoms with Crippen LogP contribution in [0.3, 0.4) is 0 Å². The second-order valence-corrected chi connectivity index (χ2v) is 2.50. The maximum absolute atomic E-state index is 10.2. The summed E-state index contributed by atoms with van der Waals surface area (Å²) in [7, 11) is 0. The highest BCUT2D eigenvalue weighted by Crippen LogP contribution is 1.99. The summed E-state index contributed by atoms with van der Waals surface area (Å²) in [5.41, 5.74) is 6.18. The van der Waals surface area contributed by atoms with Crippen molar-refractivity contribution in [1.82, 2.24) is 5.73 Å². The van der Waals surface area contributed by atoms with Crippen LogP contribution >= 0.6 is 0 Å². The summed E-state index contributed by atoms with van der Waals surface area (Å²) in [6, 6.07) is 0. The molecule has 0 aromatic rings. The van der Waals surface area contributed by atoms with Crippen LogP contribution in [0.5, 0.6) is 0 Å². The minimum Gasteiger partial charge on any atom is -0.464 e. The zero-order valence-electron chi connectivity index (χ0n) is 6.18. The zero-order valence-corrected chi connectivity index (χ0v) is 6.18. The number of nitrogens with one attached hydrogen (secondary N) is 1. The van der Waals surface area contributed by atoms with E-state index in [9.17, 15) is 4.79 Å². The molecule has 0 aromatic heterocycles. The third-order valence-electron chi connectivity index (χ3n) is 0.943. The lowest BCUT2D eigenvalue weighted by Gasteiger charge is -2.18. The summed E-state index contributed by atoms with van der Waals surface area (Å²) in [5, 5.41) is 8.53. The maximum Gasteiger partial charge on any atom is 0.302 e. The fourth-order valence-corrected chi connectivity index (χ4v) is 0.307. The predicted molar refractivity (Wildman–Crippen MR) is 35.2 cm³/mol. The zero-order chi connectivity index (χ0) is 8.20. The van der Waals surface area contributed by atoms with Crippen molar-refractivity contribution in [3.05, 3.63) is 0 Å². The molecule has 0 aliphatic rings. The van der Waals surface area contributed by atoms with Gasteiger partial charge in [-0.1, -0.05) is 0 Å². The first-order valence-corrected chi connectivity index (χ1v) is 2.97. The molecule has 0 spiro atoms. The van der Waals surface area contributed by atoms with Crippen molar-refractivity contribution in [3.8, 4) is 0 Å². The number of rotatable bonds is 3. The van der Waals surface area contributed by atoms with Gasteiger partial charge in [-0.3, -0.25) is 4.79 Å². The Balaban J connectivity index is 3.56. The third kappa shape index (κ3) is 4.29. The van der Waals surface area contributed by atoms with Gasteiger partial charge in [-0.2, -0.15) is 0 Å². The molecular formula is C6H12NO3. The van der Waals surface area contributed by atoms with Gasteiger partial charge < -0.3 is 9.84 Å². The first kappa shape index (κ1) is 9.39. The smallest absolute Gasteiger partial charge is 0.302 e. The average Bonchev–Trinajstić information content (AvgIpc) is 1.85. The van der Waals surface area contributed by atoms with Crippen LogP contribution in [-0.2, 0) is 9.53 Å². The minimum atomic E-state index is -1.06. The molecule has 0 aliphatic carbocycles. The number of hydrogen-bond donors (Lipinski definition) is 1. The highest BCUT2D eigenvalue weighted by atomic mass is 16.5.